The summed E-state index contributed by atoms with van der Waals surface area (Å²) in [5.41, 5.74) is 6.19. The van der Waals surface area contributed by atoms with Crippen LogP contribution in [0.4, 0.5) is 0 Å². The molecule has 14 heavy (non-hydrogen) atoms. The van der Waals surface area contributed by atoms with Crippen LogP contribution in [-0.4, -0.2) is 32.7 Å². The fourth-order valence-corrected chi connectivity index (χ4v) is 1.28. The highest BCUT2D eigenvalue weighted by atomic mass is 16.3. The third kappa shape index (κ3) is 2.30. The van der Waals surface area contributed by atoms with E-state index >= 15 is 0 Å². The van der Waals surface area contributed by atoms with E-state index in [1.165, 1.54) is 0 Å². The molecule has 1 aromatic rings. The van der Waals surface area contributed by atoms with Gasteiger partial charge < -0.3 is 10.8 Å². The summed E-state index contributed by atoms with van der Waals surface area (Å²) < 4.78 is 1.65. The number of aromatic nitrogens is 3. The van der Waals surface area contributed by atoms with Crippen molar-refractivity contribution in [3.8, 4) is 0 Å². The molecule has 0 aliphatic rings. The first kappa shape index (κ1) is 11.1. The second kappa shape index (κ2) is 4.06. The van der Waals surface area contributed by atoms with Crippen molar-refractivity contribution in [2.45, 2.75) is 26.4 Å². The van der Waals surface area contributed by atoms with Gasteiger partial charge in [0.25, 0.3) is 0 Å². The van der Waals surface area contributed by atoms with Gasteiger partial charge in [0.15, 0.2) is 0 Å². The van der Waals surface area contributed by atoms with Gasteiger partial charge in [0.05, 0.1) is 11.8 Å². The second-order valence-electron chi connectivity index (χ2n) is 4.09. The molecule has 5 nitrogen and oxygen atoms in total. The summed E-state index contributed by atoms with van der Waals surface area (Å²) in [6.07, 6.45) is 2.04. The minimum atomic E-state index is -0.450. The molecule has 2 unspecified atom stereocenters. The molecule has 0 aliphatic heterocycles. The van der Waals surface area contributed by atoms with Crippen LogP contribution in [0, 0.1) is 5.41 Å². The van der Waals surface area contributed by atoms with Crippen molar-refractivity contribution in [1.29, 1.82) is 0 Å². The first-order valence-electron chi connectivity index (χ1n) is 4.71. The fourth-order valence-electron chi connectivity index (χ4n) is 1.28. The van der Waals surface area contributed by atoms with Crippen molar-refractivity contribution >= 4 is 0 Å². The maximum atomic E-state index is 9.60. The Morgan fingerprint density at radius 3 is 2.71 bits per heavy atom. The van der Waals surface area contributed by atoms with E-state index in [9.17, 15) is 5.11 Å². The molecule has 1 heterocycles. The van der Waals surface area contributed by atoms with Crippen molar-refractivity contribution in [2.75, 3.05) is 6.54 Å². The number of aliphatic hydroxyl groups excluding tert-OH is 1. The van der Waals surface area contributed by atoms with Crippen LogP contribution in [0.25, 0.3) is 0 Å². The molecule has 1 aromatic heterocycles. The van der Waals surface area contributed by atoms with Gasteiger partial charge in [0.1, 0.15) is 0 Å². The topological polar surface area (TPSA) is 77.0 Å². The van der Waals surface area contributed by atoms with Gasteiger partial charge in [-0.3, -0.25) is 4.68 Å². The number of aryl methyl sites for hydroxylation is 1. The van der Waals surface area contributed by atoms with Gasteiger partial charge in [-0.15, -0.1) is 5.10 Å². The molecule has 0 aliphatic carbocycles. The van der Waals surface area contributed by atoms with E-state index in [2.05, 4.69) is 10.3 Å². The Morgan fingerprint density at radius 1 is 1.71 bits per heavy atom. The monoisotopic (exact) mass is 198 g/mol. The van der Waals surface area contributed by atoms with Crippen LogP contribution in [0.15, 0.2) is 6.20 Å². The number of nitrogens with two attached hydrogens (primary N) is 1. The van der Waals surface area contributed by atoms with Crippen LogP contribution in [0.1, 0.15) is 19.5 Å². The Morgan fingerprint density at radius 2 is 2.36 bits per heavy atom. The molecule has 5 heteroatoms. The molecular formula is C9H18N4O. The number of nitrogens with zero attached hydrogens (tertiary/aromatic N) is 3. The minimum absolute atomic E-state index is 0.323. The van der Waals surface area contributed by atoms with Gasteiger partial charge in [0.2, 0.25) is 0 Å². The van der Waals surface area contributed by atoms with Crippen LogP contribution >= 0.6 is 0 Å². The Balaban J connectivity index is 2.75. The molecule has 1 rings (SSSR count). The number of hydrogen-bond acceptors (Lipinski definition) is 4. The van der Waals surface area contributed by atoms with Crippen LogP contribution in [0.3, 0.4) is 0 Å². The Kier molecular flexibility index (Phi) is 3.23. The number of aliphatic hydroxyl groups is 1. The SMILES string of the molecule is CC(O)C(C)(CN)Cc1cn(C)nn1. The minimum Gasteiger partial charge on any atom is -0.393 e. The summed E-state index contributed by atoms with van der Waals surface area (Å²) in [7, 11) is 1.82. The molecule has 0 spiro atoms. The standard InChI is InChI=1S/C9H18N4O/c1-7(14)9(2,6-10)4-8-5-13(3)12-11-8/h5,7,14H,4,6,10H2,1-3H3. The summed E-state index contributed by atoms with van der Waals surface area (Å²) in [5, 5.41) is 17.4. The zero-order chi connectivity index (χ0) is 10.8. The lowest BCUT2D eigenvalue weighted by atomic mass is 9.81. The summed E-state index contributed by atoms with van der Waals surface area (Å²) in [4.78, 5) is 0. The van der Waals surface area contributed by atoms with Gasteiger partial charge in [0, 0.05) is 31.6 Å². The third-order valence-electron chi connectivity index (χ3n) is 2.71. The predicted octanol–water partition coefficient (Wildman–Crippen LogP) is -0.297. The quantitative estimate of drug-likeness (QED) is 0.696. The van der Waals surface area contributed by atoms with Crippen LogP contribution in [0.2, 0.25) is 0 Å². The van der Waals surface area contributed by atoms with E-state index in [1.807, 2.05) is 20.2 Å². The predicted molar refractivity (Wildman–Crippen MR) is 53.5 cm³/mol. The molecular weight excluding hydrogens is 180 g/mol. The average molecular weight is 198 g/mol. The average Bonchev–Trinajstić information content (AvgIpc) is 2.50. The Hall–Kier alpha value is -0.940. The molecule has 0 fully saturated rings. The maximum Gasteiger partial charge on any atom is 0.0833 e. The normalized spacial score (nSPS) is 17.8. The van der Waals surface area contributed by atoms with Crippen molar-refractivity contribution < 1.29 is 5.11 Å². The van der Waals surface area contributed by atoms with E-state index in [-0.39, 0.29) is 5.41 Å². The van der Waals surface area contributed by atoms with Gasteiger partial charge in [-0.25, -0.2) is 0 Å². The molecule has 0 amide bonds. The third-order valence-corrected chi connectivity index (χ3v) is 2.71. The van der Waals surface area contributed by atoms with E-state index in [0.29, 0.717) is 13.0 Å². The van der Waals surface area contributed by atoms with Gasteiger partial charge in [-0.05, 0) is 6.92 Å². The fraction of sp³-hybridized carbons (Fsp3) is 0.778. The summed E-state index contributed by atoms with van der Waals surface area (Å²) in [5.74, 6) is 0. The number of hydrogen-bond donors (Lipinski definition) is 2. The maximum absolute atomic E-state index is 9.60. The second-order valence-corrected chi connectivity index (χ2v) is 4.09. The van der Waals surface area contributed by atoms with Crippen LogP contribution in [0.5, 0.6) is 0 Å². The molecule has 2 atom stereocenters. The van der Waals surface area contributed by atoms with E-state index in [0.717, 1.165) is 5.69 Å². The van der Waals surface area contributed by atoms with Crippen molar-refractivity contribution in [1.82, 2.24) is 15.0 Å². The first-order chi connectivity index (χ1) is 6.48. The first-order valence-corrected chi connectivity index (χ1v) is 4.71. The van der Waals surface area contributed by atoms with Gasteiger partial charge in [-0.1, -0.05) is 12.1 Å². The highest BCUT2D eigenvalue weighted by molar-refractivity contribution is 4.99. The lowest BCUT2D eigenvalue weighted by Crippen LogP contribution is -2.39. The molecule has 0 aromatic carbocycles. The highest BCUT2D eigenvalue weighted by Gasteiger charge is 2.29. The van der Waals surface area contributed by atoms with Crippen LogP contribution < -0.4 is 5.73 Å². The number of rotatable bonds is 4. The van der Waals surface area contributed by atoms with Gasteiger partial charge in [-0.2, -0.15) is 0 Å². The molecule has 3 N–H and O–H groups in total. The van der Waals surface area contributed by atoms with E-state index in [4.69, 9.17) is 5.73 Å². The Bertz CT molecular complexity index is 297. The van der Waals surface area contributed by atoms with Crippen molar-refractivity contribution in [2.24, 2.45) is 18.2 Å². The van der Waals surface area contributed by atoms with Crippen molar-refractivity contribution in [3.63, 3.8) is 0 Å². The lowest BCUT2D eigenvalue weighted by Gasteiger charge is -2.30. The smallest absolute Gasteiger partial charge is 0.0833 e. The molecule has 0 radical (unpaired) electrons. The molecule has 0 bridgehead atoms. The molecule has 80 valence electrons. The zero-order valence-corrected chi connectivity index (χ0v) is 8.94. The largest absolute Gasteiger partial charge is 0.393 e. The zero-order valence-electron chi connectivity index (χ0n) is 8.94. The summed E-state index contributed by atoms with van der Waals surface area (Å²) in [6, 6.07) is 0. The highest BCUT2D eigenvalue weighted by Crippen LogP contribution is 2.24. The lowest BCUT2D eigenvalue weighted by molar-refractivity contribution is 0.0581. The summed E-state index contributed by atoms with van der Waals surface area (Å²) >= 11 is 0. The summed E-state index contributed by atoms with van der Waals surface area (Å²) in [6.45, 7) is 4.14. The molecule has 0 saturated heterocycles. The Labute approximate surface area is 83.9 Å². The van der Waals surface area contributed by atoms with Gasteiger partial charge >= 0.3 is 0 Å². The van der Waals surface area contributed by atoms with Crippen molar-refractivity contribution in [3.05, 3.63) is 11.9 Å². The van der Waals surface area contributed by atoms with E-state index < -0.39 is 6.10 Å². The van der Waals surface area contributed by atoms with E-state index in [1.54, 1.807) is 11.6 Å². The van der Waals surface area contributed by atoms with Crippen LogP contribution in [-0.2, 0) is 13.5 Å². The molecule has 0 saturated carbocycles.